The number of aromatic nitrogens is 6. The molecule has 2 N–H and O–H groups in total. The van der Waals surface area contributed by atoms with E-state index in [1.54, 1.807) is 17.9 Å². The van der Waals surface area contributed by atoms with Crippen molar-refractivity contribution in [2.45, 2.75) is 57.5 Å². The van der Waals surface area contributed by atoms with E-state index in [-0.39, 0.29) is 23.7 Å². The third kappa shape index (κ3) is 6.72. The van der Waals surface area contributed by atoms with Gasteiger partial charge in [-0.1, -0.05) is 13.0 Å². The van der Waals surface area contributed by atoms with Gasteiger partial charge in [0.2, 0.25) is 0 Å². The monoisotopic (exact) mass is 686 g/mol. The molecule has 7 rings (SSSR count). The molecule has 2 aromatic heterocycles. The van der Waals surface area contributed by atoms with Crippen LogP contribution in [0.4, 0.5) is 20.2 Å². The highest BCUT2D eigenvalue weighted by Crippen LogP contribution is 2.42. The fourth-order valence-corrected chi connectivity index (χ4v) is 7.06. The molecule has 3 aromatic carbocycles. The third-order valence-corrected chi connectivity index (χ3v) is 9.62. The number of nitrogens with one attached hydrogen (secondary N) is 1. The van der Waals surface area contributed by atoms with Gasteiger partial charge in [0.25, 0.3) is 0 Å². The Kier molecular flexibility index (Phi) is 9.38. The second kappa shape index (κ2) is 14.0. The largest absolute Gasteiger partial charge is 0.493 e. The van der Waals surface area contributed by atoms with Gasteiger partial charge in [0.1, 0.15) is 42.0 Å². The Balaban J connectivity index is 1.03. The molecule has 1 saturated heterocycles. The molecule has 12 nitrogen and oxygen atoms in total. The van der Waals surface area contributed by atoms with E-state index in [1.807, 2.05) is 49.4 Å². The summed E-state index contributed by atoms with van der Waals surface area (Å²) in [6.07, 6.45) is 4.80. The molecule has 2 aliphatic rings. The van der Waals surface area contributed by atoms with E-state index in [0.717, 1.165) is 36.1 Å². The third-order valence-electron chi connectivity index (χ3n) is 9.62. The van der Waals surface area contributed by atoms with Crippen molar-refractivity contribution in [3.8, 4) is 11.4 Å². The lowest BCUT2D eigenvalue weighted by Crippen LogP contribution is -2.32. The van der Waals surface area contributed by atoms with E-state index in [9.17, 15) is 14.3 Å². The van der Waals surface area contributed by atoms with Crippen LogP contribution in [0.15, 0.2) is 84.4 Å². The Labute approximate surface area is 287 Å². The van der Waals surface area contributed by atoms with Crippen molar-refractivity contribution in [3.05, 3.63) is 113 Å². The van der Waals surface area contributed by atoms with Gasteiger partial charge >= 0.3 is 5.69 Å². The molecule has 5 aromatic rings. The summed E-state index contributed by atoms with van der Waals surface area (Å²) >= 11 is 0. The van der Waals surface area contributed by atoms with Crippen LogP contribution < -0.4 is 20.6 Å². The standard InChI is InChI=1S/C36H40F2N8O4/c1-3-34(24(2)47)46-35(48)45(23-42-46)29-7-5-28(6-8-29)43-13-12-40-33-11-9-30(14-26(33)17-43)49-18-25-16-36(50-19-25,20-44-22-39-21-41-44)31-10-4-27(37)15-32(31)38/h4-11,14-15,21-25,34,40,47H,3,12-13,16-20H2,1-2H3/t24-,25+,34-,36-/m0/s1. The minimum atomic E-state index is -1.04. The number of rotatable bonds is 11. The first kappa shape index (κ1) is 33.4. The average molecular weight is 687 g/mol. The number of aliphatic hydroxyl groups excluding tert-OH is 1. The van der Waals surface area contributed by atoms with Gasteiger partial charge in [-0.15, -0.1) is 0 Å². The Morgan fingerprint density at radius 1 is 1.08 bits per heavy atom. The Morgan fingerprint density at radius 2 is 1.90 bits per heavy atom. The van der Waals surface area contributed by atoms with Gasteiger partial charge in [-0.3, -0.25) is 0 Å². The van der Waals surface area contributed by atoms with E-state index < -0.39 is 29.4 Å². The molecule has 0 unspecified atom stereocenters. The van der Waals surface area contributed by atoms with Crippen LogP contribution in [-0.2, 0) is 23.4 Å². The fourth-order valence-electron chi connectivity index (χ4n) is 7.06. The number of nitrogens with zero attached hydrogens (tertiary/aromatic N) is 7. The number of fused-ring (bicyclic) bond motifs is 1. The van der Waals surface area contributed by atoms with Crippen molar-refractivity contribution in [2.24, 2.45) is 5.92 Å². The number of hydrogen-bond donors (Lipinski definition) is 2. The van der Waals surface area contributed by atoms with Gasteiger partial charge in [0.15, 0.2) is 0 Å². The van der Waals surface area contributed by atoms with Crippen molar-refractivity contribution in [1.82, 2.24) is 29.1 Å². The zero-order valence-electron chi connectivity index (χ0n) is 28.0. The predicted octanol–water partition coefficient (Wildman–Crippen LogP) is 4.68. The summed E-state index contributed by atoms with van der Waals surface area (Å²) in [7, 11) is 0. The summed E-state index contributed by atoms with van der Waals surface area (Å²) < 4.78 is 45.8. The molecule has 50 heavy (non-hydrogen) atoms. The molecule has 0 aliphatic carbocycles. The number of aliphatic hydroxyl groups is 1. The van der Waals surface area contributed by atoms with Crippen LogP contribution in [0.25, 0.3) is 5.69 Å². The Hall–Kier alpha value is -5.08. The van der Waals surface area contributed by atoms with Gasteiger partial charge in [-0.25, -0.2) is 32.5 Å². The van der Waals surface area contributed by atoms with Crippen LogP contribution in [0.1, 0.15) is 43.9 Å². The maximum atomic E-state index is 15.0. The van der Waals surface area contributed by atoms with Gasteiger partial charge < -0.3 is 24.8 Å². The second-order valence-electron chi connectivity index (χ2n) is 13.0. The van der Waals surface area contributed by atoms with Crippen LogP contribution in [0, 0.1) is 17.6 Å². The first-order valence-electron chi connectivity index (χ1n) is 16.8. The zero-order valence-corrected chi connectivity index (χ0v) is 28.0. The molecule has 0 bridgehead atoms. The number of halogens is 2. The van der Waals surface area contributed by atoms with Gasteiger partial charge in [0.05, 0.1) is 37.6 Å². The number of ether oxygens (including phenoxy) is 2. The van der Waals surface area contributed by atoms with Crippen LogP contribution in [0.3, 0.4) is 0 Å². The second-order valence-corrected chi connectivity index (χ2v) is 13.0. The number of benzene rings is 3. The van der Waals surface area contributed by atoms with E-state index in [1.165, 1.54) is 34.0 Å². The molecule has 0 amide bonds. The SMILES string of the molecule is CC[C@@H]([C@H](C)O)n1ncn(-c2ccc(N3CCNc4ccc(OC[C@@H]5CO[C@@](Cn6cncn6)(c6ccc(F)cc6F)C5)cc4C3)cc2)c1=O. The maximum Gasteiger partial charge on any atom is 0.350 e. The molecular formula is C36H40F2N8O4. The number of anilines is 2. The highest BCUT2D eigenvalue weighted by molar-refractivity contribution is 5.59. The van der Waals surface area contributed by atoms with Crippen LogP contribution in [0.2, 0.25) is 0 Å². The molecule has 4 heterocycles. The highest BCUT2D eigenvalue weighted by Gasteiger charge is 2.44. The normalized spacial score (nSPS) is 20.2. The molecular weight excluding hydrogens is 646 g/mol. The first-order chi connectivity index (χ1) is 24.2. The molecule has 262 valence electrons. The first-order valence-corrected chi connectivity index (χ1v) is 16.8. The van der Waals surface area contributed by atoms with Crippen molar-refractivity contribution in [2.75, 3.05) is 36.5 Å². The Morgan fingerprint density at radius 3 is 2.64 bits per heavy atom. The van der Waals surface area contributed by atoms with Crippen molar-refractivity contribution in [1.29, 1.82) is 0 Å². The van der Waals surface area contributed by atoms with Gasteiger partial charge in [-0.05, 0) is 73.9 Å². The summed E-state index contributed by atoms with van der Waals surface area (Å²) in [5.74, 6) is -0.641. The van der Waals surface area contributed by atoms with Crippen molar-refractivity contribution in [3.63, 3.8) is 0 Å². The average Bonchev–Trinajstić information content (AvgIpc) is 3.82. The smallest absolute Gasteiger partial charge is 0.350 e. The minimum absolute atomic E-state index is 0.0468. The molecule has 14 heteroatoms. The van der Waals surface area contributed by atoms with Crippen molar-refractivity contribution >= 4 is 11.4 Å². The van der Waals surface area contributed by atoms with Crippen LogP contribution in [0.5, 0.6) is 5.75 Å². The quantitative estimate of drug-likeness (QED) is 0.204. The topological polar surface area (TPSA) is 124 Å². The maximum absolute atomic E-state index is 15.0. The van der Waals surface area contributed by atoms with Gasteiger partial charge in [-0.2, -0.15) is 10.2 Å². The van der Waals surface area contributed by atoms with Crippen molar-refractivity contribution < 1.29 is 23.4 Å². The molecule has 0 saturated carbocycles. The predicted molar refractivity (Wildman–Crippen MR) is 182 cm³/mol. The summed E-state index contributed by atoms with van der Waals surface area (Å²) in [5, 5.41) is 22.1. The summed E-state index contributed by atoms with van der Waals surface area (Å²) in [6.45, 7) is 6.65. The molecule has 4 atom stereocenters. The molecule has 2 aliphatic heterocycles. The Bertz CT molecular complexity index is 1980. The van der Waals surface area contributed by atoms with E-state index in [2.05, 4.69) is 25.4 Å². The zero-order chi connectivity index (χ0) is 34.8. The molecule has 0 spiro atoms. The van der Waals surface area contributed by atoms with Crippen LogP contribution >= 0.6 is 0 Å². The fraction of sp³-hybridized carbons (Fsp3) is 0.389. The minimum Gasteiger partial charge on any atom is -0.493 e. The van der Waals surface area contributed by atoms with Crippen LogP contribution in [-0.4, -0.2) is 66.6 Å². The lowest BCUT2D eigenvalue weighted by Gasteiger charge is -2.29. The van der Waals surface area contributed by atoms with E-state index in [4.69, 9.17) is 9.47 Å². The van der Waals surface area contributed by atoms with E-state index in [0.29, 0.717) is 44.0 Å². The lowest BCUT2D eigenvalue weighted by atomic mass is 9.87. The summed E-state index contributed by atoms with van der Waals surface area (Å²) in [4.78, 5) is 19.4. The highest BCUT2D eigenvalue weighted by atomic mass is 19.1. The number of hydrogen-bond acceptors (Lipinski definition) is 9. The van der Waals surface area contributed by atoms with Gasteiger partial charge in [0, 0.05) is 48.6 Å². The summed E-state index contributed by atoms with van der Waals surface area (Å²) in [6, 6.07) is 16.9. The summed E-state index contributed by atoms with van der Waals surface area (Å²) in [5.41, 5.74) is 2.74. The molecule has 1 fully saturated rings. The molecule has 0 radical (unpaired) electrons. The lowest BCUT2D eigenvalue weighted by molar-refractivity contribution is -0.0206. The van der Waals surface area contributed by atoms with E-state index >= 15 is 4.39 Å².